The summed E-state index contributed by atoms with van der Waals surface area (Å²) in [5.41, 5.74) is 0.882. The average molecular weight is 409 g/mol. The molecule has 0 aliphatic carbocycles. The van der Waals surface area contributed by atoms with Crippen LogP contribution in [0.2, 0.25) is 10.0 Å². The molecule has 3 rings (SSSR count). The minimum Gasteiger partial charge on any atom is -0.492 e. The van der Waals surface area contributed by atoms with E-state index in [1.807, 2.05) is 48.5 Å². The normalized spacial score (nSPS) is 10.7. The molecular formula is C18H14Cl2N2OS2. The summed E-state index contributed by atoms with van der Waals surface area (Å²) in [6.07, 6.45) is 1.69. The van der Waals surface area contributed by atoms with Gasteiger partial charge in [0.2, 0.25) is 0 Å². The third-order valence-electron chi connectivity index (χ3n) is 3.29. The SMILES string of the molecule is COc1cnc(SCc2c(Cl)cccc2Cl)nc1Sc1ccccc1. The van der Waals surface area contributed by atoms with E-state index in [4.69, 9.17) is 27.9 Å². The number of ether oxygens (including phenoxy) is 1. The average Bonchev–Trinajstić information content (AvgIpc) is 2.62. The van der Waals surface area contributed by atoms with E-state index in [1.54, 1.807) is 13.3 Å². The van der Waals surface area contributed by atoms with Gasteiger partial charge in [0.25, 0.3) is 0 Å². The smallest absolute Gasteiger partial charge is 0.189 e. The summed E-state index contributed by atoms with van der Waals surface area (Å²) in [5.74, 6) is 1.24. The summed E-state index contributed by atoms with van der Waals surface area (Å²) in [6, 6.07) is 15.5. The number of methoxy groups -OCH3 is 1. The predicted molar refractivity (Wildman–Crippen MR) is 105 cm³/mol. The summed E-state index contributed by atoms with van der Waals surface area (Å²) in [4.78, 5) is 10.1. The van der Waals surface area contributed by atoms with Gasteiger partial charge in [0.05, 0.1) is 13.3 Å². The minimum absolute atomic E-state index is 0.597. The van der Waals surface area contributed by atoms with Crippen LogP contribution in [0.1, 0.15) is 5.56 Å². The Hall–Kier alpha value is -1.40. The summed E-state index contributed by atoms with van der Waals surface area (Å²) in [6.45, 7) is 0. The Bertz CT molecular complexity index is 843. The van der Waals surface area contributed by atoms with Crippen LogP contribution in [-0.2, 0) is 5.75 Å². The number of aromatic nitrogens is 2. The van der Waals surface area contributed by atoms with Crippen LogP contribution in [0.15, 0.2) is 69.8 Å². The summed E-state index contributed by atoms with van der Waals surface area (Å²) in [7, 11) is 1.62. The maximum Gasteiger partial charge on any atom is 0.189 e. The van der Waals surface area contributed by atoms with Crippen LogP contribution in [0.3, 0.4) is 0 Å². The van der Waals surface area contributed by atoms with Gasteiger partial charge in [0, 0.05) is 20.7 Å². The van der Waals surface area contributed by atoms with Gasteiger partial charge in [-0.15, -0.1) is 0 Å². The molecule has 3 nitrogen and oxygen atoms in total. The van der Waals surface area contributed by atoms with Gasteiger partial charge in [-0.2, -0.15) is 0 Å². The van der Waals surface area contributed by atoms with Crippen LogP contribution in [0, 0.1) is 0 Å². The molecule has 1 aromatic heterocycles. The first-order valence-electron chi connectivity index (χ1n) is 7.37. The molecule has 0 saturated carbocycles. The van der Waals surface area contributed by atoms with Gasteiger partial charge >= 0.3 is 0 Å². The van der Waals surface area contributed by atoms with Crippen molar-refractivity contribution in [1.82, 2.24) is 9.97 Å². The van der Waals surface area contributed by atoms with E-state index in [-0.39, 0.29) is 0 Å². The van der Waals surface area contributed by atoms with Gasteiger partial charge in [0.15, 0.2) is 10.9 Å². The molecule has 0 unspecified atom stereocenters. The minimum atomic E-state index is 0.597. The zero-order valence-corrected chi connectivity index (χ0v) is 16.4. The van der Waals surface area contributed by atoms with E-state index in [1.165, 1.54) is 23.5 Å². The van der Waals surface area contributed by atoms with Crippen LogP contribution in [-0.4, -0.2) is 17.1 Å². The van der Waals surface area contributed by atoms with E-state index in [9.17, 15) is 0 Å². The fourth-order valence-corrected chi connectivity index (χ4v) is 4.53. The van der Waals surface area contributed by atoms with Crippen molar-refractivity contribution in [1.29, 1.82) is 0 Å². The lowest BCUT2D eigenvalue weighted by Crippen LogP contribution is -1.95. The highest BCUT2D eigenvalue weighted by molar-refractivity contribution is 7.99. The summed E-state index contributed by atoms with van der Waals surface area (Å²) >= 11 is 15.5. The molecule has 25 heavy (non-hydrogen) atoms. The molecule has 0 bridgehead atoms. The lowest BCUT2D eigenvalue weighted by atomic mass is 10.2. The first-order valence-corrected chi connectivity index (χ1v) is 9.93. The van der Waals surface area contributed by atoms with Crippen LogP contribution in [0.25, 0.3) is 0 Å². The van der Waals surface area contributed by atoms with Crippen LogP contribution in [0.5, 0.6) is 5.75 Å². The Kier molecular flexibility index (Phi) is 6.48. The van der Waals surface area contributed by atoms with Crippen LogP contribution < -0.4 is 4.74 Å². The number of benzene rings is 2. The highest BCUT2D eigenvalue weighted by atomic mass is 35.5. The standard InChI is InChI=1S/C18H14Cl2N2OS2/c1-23-16-10-21-18(22-17(16)25-12-6-3-2-4-7-12)24-11-13-14(19)8-5-9-15(13)20/h2-10H,11H2,1H3. The van der Waals surface area contributed by atoms with Crippen LogP contribution >= 0.6 is 46.7 Å². The molecule has 0 aliphatic rings. The molecule has 0 atom stereocenters. The first kappa shape index (κ1) is 18.4. The third kappa shape index (κ3) is 4.82. The van der Waals surface area contributed by atoms with Crippen molar-refractivity contribution in [3.8, 4) is 5.75 Å². The Balaban J connectivity index is 1.79. The fraction of sp³-hybridized carbons (Fsp3) is 0.111. The molecular weight excluding hydrogens is 395 g/mol. The molecule has 0 amide bonds. The van der Waals surface area contributed by atoms with Gasteiger partial charge in [-0.1, -0.05) is 71.0 Å². The second-order valence-corrected chi connectivity index (χ2v) is 7.75. The number of hydrogen-bond donors (Lipinski definition) is 0. The topological polar surface area (TPSA) is 35.0 Å². The molecule has 7 heteroatoms. The van der Waals surface area contributed by atoms with Crippen molar-refractivity contribution < 1.29 is 4.74 Å². The Morgan fingerprint density at radius 3 is 2.40 bits per heavy atom. The molecule has 2 aromatic carbocycles. The number of hydrogen-bond acceptors (Lipinski definition) is 5. The lowest BCUT2D eigenvalue weighted by Gasteiger charge is -2.09. The number of rotatable bonds is 6. The van der Waals surface area contributed by atoms with Gasteiger partial charge in [-0.05, 0) is 29.8 Å². The van der Waals surface area contributed by atoms with E-state index < -0.39 is 0 Å². The molecule has 0 spiro atoms. The Labute approximate surface area is 165 Å². The quantitative estimate of drug-likeness (QED) is 0.274. The Morgan fingerprint density at radius 1 is 1.00 bits per heavy atom. The van der Waals surface area contributed by atoms with Gasteiger partial charge in [-0.25, -0.2) is 9.97 Å². The fourth-order valence-electron chi connectivity index (χ4n) is 2.03. The Morgan fingerprint density at radius 2 is 1.72 bits per heavy atom. The molecule has 3 aromatic rings. The molecule has 0 N–H and O–H groups in total. The van der Waals surface area contributed by atoms with E-state index in [0.29, 0.717) is 26.7 Å². The largest absolute Gasteiger partial charge is 0.492 e. The van der Waals surface area contributed by atoms with E-state index in [2.05, 4.69) is 9.97 Å². The van der Waals surface area contributed by atoms with Gasteiger partial charge < -0.3 is 4.74 Å². The molecule has 0 saturated heterocycles. The summed E-state index contributed by atoms with van der Waals surface area (Å²) < 4.78 is 5.38. The van der Waals surface area contributed by atoms with Gasteiger partial charge in [-0.3, -0.25) is 0 Å². The predicted octanol–water partition coefficient (Wildman–Crippen LogP) is 6.24. The third-order valence-corrected chi connectivity index (χ3v) is 5.87. The number of halogens is 2. The molecule has 1 heterocycles. The molecule has 128 valence electrons. The van der Waals surface area contributed by atoms with Crippen molar-refractivity contribution in [2.75, 3.05) is 7.11 Å². The lowest BCUT2D eigenvalue weighted by molar-refractivity contribution is 0.395. The summed E-state index contributed by atoms with van der Waals surface area (Å²) in [5, 5.41) is 2.71. The second-order valence-electron chi connectivity index (χ2n) is 4.93. The van der Waals surface area contributed by atoms with E-state index in [0.717, 1.165) is 15.5 Å². The maximum absolute atomic E-state index is 6.22. The zero-order valence-electron chi connectivity index (χ0n) is 13.3. The van der Waals surface area contributed by atoms with Gasteiger partial charge in [0.1, 0.15) is 5.03 Å². The highest BCUT2D eigenvalue weighted by Crippen LogP contribution is 2.35. The van der Waals surface area contributed by atoms with Crippen LogP contribution in [0.4, 0.5) is 0 Å². The highest BCUT2D eigenvalue weighted by Gasteiger charge is 2.12. The van der Waals surface area contributed by atoms with Crippen molar-refractivity contribution in [2.24, 2.45) is 0 Å². The zero-order chi connectivity index (χ0) is 17.6. The van der Waals surface area contributed by atoms with Crippen molar-refractivity contribution in [3.63, 3.8) is 0 Å². The van der Waals surface area contributed by atoms with Crippen molar-refractivity contribution >= 4 is 46.7 Å². The molecule has 0 aliphatic heterocycles. The van der Waals surface area contributed by atoms with Crippen molar-refractivity contribution in [3.05, 3.63) is 70.3 Å². The monoisotopic (exact) mass is 408 g/mol. The number of nitrogens with zero attached hydrogens (tertiary/aromatic N) is 2. The maximum atomic E-state index is 6.22. The molecule has 0 radical (unpaired) electrons. The first-order chi connectivity index (χ1) is 12.2. The number of thioether (sulfide) groups is 1. The molecule has 0 fully saturated rings. The van der Waals surface area contributed by atoms with E-state index >= 15 is 0 Å². The second kappa shape index (κ2) is 8.81. The van der Waals surface area contributed by atoms with Crippen molar-refractivity contribution in [2.45, 2.75) is 20.8 Å².